The Hall–Kier alpha value is -2.27. The van der Waals surface area contributed by atoms with E-state index in [9.17, 15) is 0 Å². The van der Waals surface area contributed by atoms with Gasteiger partial charge in [-0.25, -0.2) is 9.97 Å². The number of piperidine rings is 1. The highest BCUT2D eigenvalue weighted by Crippen LogP contribution is 2.06. The minimum absolute atomic E-state index is 1.09. The molecule has 0 aliphatic carbocycles. The van der Waals surface area contributed by atoms with Gasteiger partial charge >= 0.3 is 0 Å². The molecule has 0 atom stereocenters. The third-order valence-corrected chi connectivity index (χ3v) is 3.03. The highest BCUT2D eigenvalue weighted by atomic mass is 15.1. The topological polar surface area (TPSA) is 66.5 Å². The normalized spacial score (nSPS) is 13.5. The summed E-state index contributed by atoms with van der Waals surface area (Å²) in [5, 5.41) is 11.2. The molecule has 3 aromatic rings. The van der Waals surface area contributed by atoms with E-state index in [1.54, 1.807) is 18.5 Å². The van der Waals surface area contributed by atoms with Gasteiger partial charge in [-0.3, -0.25) is 5.10 Å². The molecule has 2 N–H and O–H groups in total. The lowest BCUT2D eigenvalue weighted by Gasteiger charge is -2.08. The molecule has 5 nitrogen and oxygen atoms in total. The molecule has 0 bridgehead atoms. The first-order valence-electron chi connectivity index (χ1n) is 7.25. The Bertz CT molecular complexity index is 521. The largest absolute Gasteiger partial charge is 0.317 e. The molecule has 0 radical (unpaired) electrons. The zero-order valence-electron chi connectivity index (χ0n) is 12.1. The molecular weight excluding hydrogens is 262 g/mol. The summed E-state index contributed by atoms with van der Waals surface area (Å²) in [7, 11) is 0. The van der Waals surface area contributed by atoms with Gasteiger partial charge in [0.05, 0.1) is 11.7 Å². The number of fused-ring (bicyclic) bond motifs is 1. The first-order valence-corrected chi connectivity index (χ1v) is 7.25. The van der Waals surface area contributed by atoms with Crippen LogP contribution in [0, 0.1) is 0 Å². The molecule has 0 amide bonds. The molecule has 21 heavy (non-hydrogen) atoms. The lowest BCUT2D eigenvalue weighted by Crippen LogP contribution is -2.21. The Morgan fingerprint density at radius 3 is 2.10 bits per heavy atom. The molecule has 1 saturated heterocycles. The van der Waals surface area contributed by atoms with Crippen LogP contribution in [-0.2, 0) is 0 Å². The molecule has 4 rings (SSSR count). The van der Waals surface area contributed by atoms with Crippen LogP contribution in [0.2, 0.25) is 0 Å². The molecule has 1 aromatic carbocycles. The van der Waals surface area contributed by atoms with E-state index in [1.807, 2.05) is 30.5 Å². The number of para-hydroxylation sites is 1. The van der Waals surface area contributed by atoms with Crippen LogP contribution in [0.25, 0.3) is 10.9 Å². The van der Waals surface area contributed by atoms with Gasteiger partial charge in [-0.15, -0.1) is 0 Å². The van der Waals surface area contributed by atoms with Crippen molar-refractivity contribution < 1.29 is 0 Å². The van der Waals surface area contributed by atoms with Gasteiger partial charge < -0.3 is 5.32 Å². The lowest BCUT2D eigenvalue weighted by molar-refractivity contribution is 0.520. The van der Waals surface area contributed by atoms with E-state index in [0.717, 1.165) is 10.9 Å². The number of hydrogen-bond acceptors (Lipinski definition) is 4. The SMILES string of the molecule is C1CCNCC1.c1ccc2[nH]ncc2c1.c1cncnc1. The van der Waals surface area contributed by atoms with Gasteiger partial charge in [0.25, 0.3) is 0 Å². The maximum atomic E-state index is 3.88. The van der Waals surface area contributed by atoms with E-state index < -0.39 is 0 Å². The quantitative estimate of drug-likeness (QED) is 0.666. The van der Waals surface area contributed by atoms with Gasteiger partial charge in [0.1, 0.15) is 6.33 Å². The van der Waals surface area contributed by atoms with Crippen LogP contribution in [0.3, 0.4) is 0 Å². The van der Waals surface area contributed by atoms with Crippen LogP contribution in [-0.4, -0.2) is 33.3 Å². The van der Waals surface area contributed by atoms with Crippen molar-refractivity contribution in [1.29, 1.82) is 0 Å². The Kier molecular flexibility index (Phi) is 6.92. The molecule has 1 aliphatic heterocycles. The molecule has 2 aromatic heterocycles. The van der Waals surface area contributed by atoms with E-state index >= 15 is 0 Å². The van der Waals surface area contributed by atoms with Crippen LogP contribution in [0.15, 0.2) is 55.2 Å². The number of H-pyrrole nitrogens is 1. The molecule has 3 heterocycles. The second kappa shape index (κ2) is 9.61. The number of nitrogens with one attached hydrogen (secondary N) is 2. The standard InChI is InChI=1S/C7H6N2.C5H11N.C4H4N2/c1-2-4-7-6(3-1)5-8-9-7;1-2-4-6-5-3-1;1-2-5-4-6-3-1/h1-5H,(H,8,9);6H,1-5H2;1-4H. The molecular formula is C16H21N5. The second-order valence-electron chi connectivity index (χ2n) is 4.67. The van der Waals surface area contributed by atoms with Gasteiger partial charge in [-0.1, -0.05) is 24.6 Å². The highest BCUT2D eigenvalue weighted by Gasteiger charge is 1.93. The van der Waals surface area contributed by atoms with Crippen LogP contribution in [0.5, 0.6) is 0 Å². The highest BCUT2D eigenvalue weighted by molar-refractivity contribution is 5.77. The molecule has 110 valence electrons. The van der Waals surface area contributed by atoms with Crippen molar-refractivity contribution in [2.75, 3.05) is 13.1 Å². The Balaban J connectivity index is 0.000000120. The van der Waals surface area contributed by atoms with Gasteiger partial charge in [0.2, 0.25) is 0 Å². The fourth-order valence-corrected chi connectivity index (χ4v) is 1.94. The summed E-state index contributed by atoms with van der Waals surface area (Å²) in [6, 6.07) is 9.79. The smallest absolute Gasteiger partial charge is 0.115 e. The predicted molar refractivity (Wildman–Crippen MR) is 84.8 cm³/mol. The summed E-state index contributed by atoms with van der Waals surface area (Å²) in [6.07, 6.45) is 10.9. The Morgan fingerprint density at radius 1 is 0.857 bits per heavy atom. The fraction of sp³-hybridized carbons (Fsp3) is 0.312. The van der Waals surface area contributed by atoms with Crippen molar-refractivity contribution in [2.24, 2.45) is 0 Å². The minimum Gasteiger partial charge on any atom is -0.317 e. The summed E-state index contributed by atoms with van der Waals surface area (Å²) < 4.78 is 0. The van der Waals surface area contributed by atoms with E-state index in [1.165, 1.54) is 38.7 Å². The van der Waals surface area contributed by atoms with E-state index in [-0.39, 0.29) is 0 Å². The van der Waals surface area contributed by atoms with Crippen LogP contribution in [0.4, 0.5) is 0 Å². The Morgan fingerprint density at radius 2 is 1.62 bits per heavy atom. The van der Waals surface area contributed by atoms with Crippen molar-refractivity contribution in [2.45, 2.75) is 19.3 Å². The number of nitrogens with zero attached hydrogens (tertiary/aromatic N) is 3. The van der Waals surface area contributed by atoms with Crippen molar-refractivity contribution in [3.63, 3.8) is 0 Å². The number of hydrogen-bond donors (Lipinski definition) is 2. The predicted octanol–water partition coefficient (Wildman–Crippen LogP) is 2.80. The van der Waals surface area contributed by atoms with Gasteiger partial charge in [-0.05, 0) is 38.1 Å². The van der Waals surface area contributed by atoms with Crippen molar-refractivity contribution in [3.8, 4) is 0 Å². The van der Waals surface area contributed by atoms with Crippen LogP contribution in [0.1, 0.15) is 19.3 Å². The average Bonchev–Trinajstić information content (AvgIpc) is 3.08. The number of aromatic amines is 1. The average molecular weight is 283 g/mol. The van der Waals surface area contributed by atoms with Crippen molar-refractivity contribution in [1.82, 2.24) is 25.5 Å². The van der Waals surface area contributed by atoms with E-state index in [2.05, 4.69) is 25.5 Å². The monoisotopic (exact) mass is 283 g/mol. The van der Waals surface area contributed by atoms with Gasteiger partial charge in [0, 0.05) is 17.8 Å². The summed E-state index contributed by atoms with van der Waals surface area (Å²) >= 11 is 0. The molecule has 0 spiro atoms. The minimum atomic E-state index is 1.09. The molecule has 0 unspecified atom stereocenters. The first kappa shape index (κ1) is 15.1. The maximum Gasteiger partial charge on any atom is 0.115 e. The summed E-state index contributed by atoms with van der Waals surface area (Å²) in [4.78, 5) is 7.35. The number of benzene rings is 1. The lowest BCUT2D eigenvalue weighted by atomic mass is 10.2. The van der Waals surface area contributed by atoms with E-state index in [4.69, 9.17) is 0 Å². The third-order valence-electron chi connectivity index (χ3n) is 3.03. The van der Waals surface area contributed by atoms with Gasteiger partial charge in [-0.2, -0.15) is 5.10 Å². The molecule has 1 fully saturated rings. The zero-order valence-corrected chi connectivity index (χ0v) is 12.1. The second-order valence-corrected chi connectivity index (χ2v) is 4.67. The van der Waals surface area contributed by atoms with E-state index in [0.29, 0.717) is 0 Å². The zero-order chi connectivity index (χ0) is 14.6. The maximum absolute atomic E-state index is 3.88. The van der Waals surface area contributed by atoms with Gasteiger partial charge in [0.15, 0.2) is 0 Å². The summed E-state index contributed by atoms with van der Waals surface area (Å²) in [5.74, 6) is 0. The molecule has 5 heteroatoms. The van der Waals surface area contributed by atoms with Crippen molar-refractivity contribution >= 4 is 10.9 Å². The van der Waals surface area contributed by atoms with Crippen LogP contribution >= 0.6 is 0 Å². The fourth-order valence-electron chi connectivity index (χ4n) is 1.94. The summed E-state index contributed by atoms with van der Waals surface area (Å²) in [5.41, 5.74) is 1.09. The Labute approximate surface area is 124 Å². The summed E-state index contributed by atoms with van der Waals surface area (Å²) in [6.45, 7) is 2.50. The molecule has 0 saturated carbocycles. The van der Waals surface area contributed by atoms with Crippen molar-refractivity contribution in [3.05, 3.63) is 55.2 Å². The third kappa shape index (κ3) is 6.14. The first-order chi connectivity index (χ1) is 10.5. The molecule has 1 aliphatic rings. The number of rotatable bonds is 0. The number of aromatic nitrogens is 4. The van der Waals surface area contributed by atoms with Crippen LogP contribution < -0.4 is 5.32 Å².